The molecular formula is C13H7F3N2O. The molecule has 1 aromatic heterocycles. The molecule has 0 aliphatic heterocycles. The number of pyridine rings is 1. The Morgan fingerprint density at radius 2 is 1.89 bits per heavy atom. The van der Waals surface area contributed by atoms with E-state index in [0.29, 0.717) is 0 Å². The number of aromatic nitrogens is 1. The van der Waals surface area contributed by atoms with Crippen LogP contribution in [0.3, 0.4) is 0 Å². The molecule has 2 rings (SSSR count). The SMILES string of the molecule is N#Cc1ccc(=O)[nH]c1-c1cccc(C(F)(F)F)c1. The van der Waals surface area contributed by atoms with Crippen molar-refractivity contribution in [3.8, 4) is 17.3 Å². The Bertz CT molecular complexity index is 711. The lowest BCUT2D eigenvalue weighted by molar-refractivity contribution is -0.137. The summed E-state index contributed by atoms with van der Waals surface area (Å²) in [6.07, 6.45) is -4.47. The summed E-state index contributed by atoms with van der Waals surface area (Å²) in [7, 11) is 0. The van der Waals surface area contributed by atoms with Gasteiger partial charge in [-0.05, 0) is 23.8 Å². The number of nitrogens with zero attached hydrogens (tertiary/aromatic N) is 1. The third-order valence-corrected chi connectivity index (χ3v) is 2.52. The van der Waals surface area contributed by atoms with Crippen molar-refractivity contribution in [2.24, 2.45) is 0 Å². The molecule has 0 bridgehead atoms. The molecule has 0 atom stereocenters. The molecule has 0 unspecified atom stereocenters. The molecule has 0 saturated carbocycles. The Hall–Kier alpha value is -2.55. The maximum absolute atomic E-state index is 12.6. The predicted octanol–water partition coefficient (Wildman–Crippen LogP) is 2.93. The van der Waals surface area contributed by atoms with Gasteiger partial charge in [-0.3, -0.25) is 4.79 Å². The van der Waals surface area contributed by atoms with E-state index in [9.17, 15) is 18.0 Å². The molecule has 0 aliphatic carbocycles. The van der Waals surface area contributed by atoms with Crippen molar-refractivity contribution in [3.63, 3.8) is 0 Å². The van der Waals surface area contributed by atoms with Crippen molar-refractivity contribution in [2.75, 3.05) is 0 Å². The van der Waals surface area contributed by atoms with Crippen molar-refractivity contribution in [3.05, 3.63) is 57.9 Å². The van der Waals surface area contributed by atoms with Crippen LogP contribution in [0.1, 0.15) is 11.1 Å². The molecule has 1 heterocycles. The third kappa shape index (κ3) is 2.65. The van der Waals surface area contributed by atoms with E-state index in [1.165, 1.54) is 18.2 Å². The first kappa shape index (κ1) is 12.9. The lowest BCUT2D eigenvalue weighted by Gasteiger charge is -2.09. The van der Waals surface area contributed by atoms with E-state index in [4.69, 9.17) is 5.26 Å². The van der Waals surface area contributed by atoms with Crippen LogP contribution in [0.25, 0.3) is 11.3 Å². The number of halogens is 3. The van der Waals surface area contributed by atoms with Gasteiger partial charge in [0.25, 0.3) is 0 Å². The van der Waals surface area contributed by atoms with Crippen LogP contribution in [0.4, 0.5) is 13.2 Å². The minimum atomic E-state index is -4.47. The van der Waals surface area contributed by atoms with Gasteiger partial charge in [-0.2, -0.15) is 18.4 Å². The van der Waals surface area contributed by atoms with Gasteiger partial charge in [-0.25, -0.2) is 0 Å². The number of hydrogen-bond donors (Lipinski definition) is 1. The molecule has 19 heavy (non-hydrogen) atoms. The van der Waals surface area contributed by atoms with Crippen molar-refractivity contribution in [2.45, 2.75) is 6.18 Å². The van der Waals surface area contributed by atoms with Crippen LogP contribution in [0.15, 0.2) is 41.2 Å². The van der Waals surface area contributed by atoms with E-state index < -0.39 is 17.3 Å². The van der Waals surface area contributed by atoms with Crippen LogP contribution in [0, 0.1) is 11.3 Å². The van der Waals surface area contributed by atoms with E-state index in [1.807, 2.05) is 6.07 Å². The summed E-state index contributed by atoms with van der Waals surface area (Å²) in [5.74, 6) is 0. The predicted molar refractivity (Wildman–Crippen MR) is 62.2 cm³/mol. The molecule has 6 heteroatoms. The highest BCUT2D eigenvalue weighted by Gasteiger charge is 2.30. The quantitative estimate of drug-likeness (QED) is 0.860. The van der Waals surface area contributed by atoms with Crippen LogP contribution in [0.5, 0.6) is 0 Å². The fourth-order valence-electron chi connectivity index (χ4n) is 1.65. The molecular weight excluding hydrogens is 257 g/mol. The zero-order chi connectivity index (χ0) is 14.0. The van der Waals surface area contributed by atoms with Gasteiger partial charge < -0.3 is 4.98 Å². The van der Waals surface area contributed by atoms with E-state index in [2.05, 4.69) is 4.98 Å². The van der Waals surface area contributed by atoms with E-state index >= 15 is 0 Å². The van der Waals surface area contributed by atoms with Crippen molar-refractivity contribution in [1.29, 1.82) is 5.26 Å². The summed E-state index contributed by atoms with van der Waals surface area (Å²) in [5.41, 5.74) is -0.978. The van der Waals surface area contributed by atoms with Gasteiger partial charge in [0.1, 0.15) is 6.07 Å². The van der Waals surface area contributed by atoms with E-state index in [-0.39, 0.29) is 16.8 Å². The highest BCUT2D eigenvalue weighted by atomic mass is 19.4. The van der Waals surface area contributed by atoms with Gasteiger partial charge in [0.15, 0.2) is 0 Å². The number of nitriles is 1. The summed E-state index contributed by atoms with van der Waals surface area (Å²) in [6.45, 7) is 0. The minimum Gasteiger partial charge on any atom is -0.321 e. The third-order valence-electron chi connectivity index (χ3n) is 2.52. The Morgan fingerprint density at radius 1 is 1.16 bits per heavy atom. The fraction of sp³-hybridized carbons (Fsp3) is 0.0769. The second-order valence-corrected chi connectivity index (χ2v) is 3.80. The molecule has 1 aromatic carbocycles. The number of aromatic amines is 1. The Kier molecular flexibility index (Phi) is 3.13. The lowest BCUT2D eigenvalue weighted by Crippen LogP contribution is -2.08. The number of hydrogen-bond acceptors (Lipinski definition) is 2. The summed E-state index contributed by atoms with van der Waals surface area (Å²) < 4.78 is 37.8. The average molecular weight is 264 g/mol. The molecule has 2 aromatic rings. The topological polar surface area (TPSA) is 56.6 Å². The lowest BCUT2D eigenvalue weighted by atomic mass is 10.0. The van der Waals surface area contributed by atoms with Gasteiger partial charge in [0.05, 0.1) is 16.8 Å². The number of benzene rings is 1. The maximum Gasteiger partial charge on any atom is 0.416 e. The average Bonchev–Trinajstić information content (AvgIpc) is 2.38. The van der Waals surface area contributed by atoms with Crippen LogP contribution in [-0.4, -0.2) is 4.98 Å². The van der Waals surface area contributed by atoms with Crippen LogP contribution < -0.4 is 5.56 Å². The molecule has 0 radical (unpaired) electrons. The second kappa shape index (κ2) is 4.61. The van der Waals surface area contributed by atoms with Crippen LogP contribution in [0.2, 0.25) is 0 Å². The molecule has 96 valence electrons. The summed E-state index contributed by atoms with van der Waals surface area (Å²) in [4.78, 5) is 13.6. The van der Waals surface area contributed by atoms with Gasteiger partial charge in [0, 0.05) is 6.07 Å². The Balaban J connectivity index is 2.64. The van der Waals surface area contributed by atoms with Crippen LogP contribution >= 0.6 is 0 Å². The summed E-state index contributed by atoms with van der Waals surface area (Å²) in [5, 5.41) is 8.91. The largest absolute Gasteiger partial charge is 0.416 e. The Morgan fingerprint density at radius 3 is 2.53 bits per heavy atom. The van der Waals surface area contributed by atoms with Gasteiger partial charge in [-0.15, -0.1) is 0 Å². The zero-order valence-corrected chi connectivity index (χ0v) is 9.45. The summed E-state index contributed by atoms with van der Waals surface area (Å²) in [6, 6.07) is 8.70. The van der Waals surface area contributed by atoms with Crippen LogP contribution in [-0.2, 0) is 6.18 Å². The van der Waals surface area contributed by atoms with Crippen molar-refractivity contribution >= 4 is 0 Å². The molecule has 0 amide bonds. The molecule has 1 N–H and O–H groups in total. The monoisotopic (exact) mass is 264 g/mol. The number of H-pyrrole nitrogens is 1. The molecule has 0 saturated heterocycles. The zero-order valence-electron chi connectivity index (χ0n) is 9.45. The van der Waals surface area contributed by atoms with Gasteiger partial charge in [0.2, 0.25) is 5.56 Å². The second-order valence-electron chi connectivity index (χ2n) is 3.80. The maximum atomic E-state index is 12.6. The highest BCUT2D eigenvalue weighted by Crippen LogP contribution is 2.32. The normalized spacial score (nSPS) is 11.1. The van der Waals surface area contributed by atoms with E-state index in [0.717, 1.165) is 18.2 Å². The molecule has 0 spiro atoms. The number of alkyl halides is 3. The van der Waals surface area contributed by atoms with E-state index in [1.54, 1.807) is 0 Å². The molecule has 0 fully saturated rings. The number of rotatable bonds is 1. The van der Waals surface area contributed by atoms with Gasteiger partial charge in [-0.1, -0.05) is 12.1 Å². The smallest absolute Gasteiger partial charge is 0.321 e. The fourth-order valence-corrected chi connectivity index (χ4v) is 1.65. The first-order chi connectivity index (χ1) is 8.91. The molecule has 3 nitrogen and oxygen atoms in total. The minimum absolute atomic E-state index is 0.0844. The summed E-state index contributed by atoms with van der Waals surface area (Å²) >= 11 is 0. The highest BCUT2D eigenvalue weighted by molar-refractivity contribution is 5.66. The first-order valence-corrected chi connectivity index (χ1v) is 5.23. The van der Waals surface area contributed by atoms with Crippen molar-refractivity contribution in [1.82, 2.24) is 4.98 Å². The van der Waals surface area contributed by atoms with Crippen molar-refractivity contribution < 1.29 is 13.2 Å². The van der Waals surface area contributed by atoms with Gasteiger partial charge >= 0.3 is 6.18 Å². The molecule has 0 aliphatic rings. The standard InChI is InChI=1S/C13H7F3N2O/c14-13(15,16)10-3-1-2-8(6-10)12-9(7-17)4-5-11(19)18-12/h1-6H,(H,18,19). The first-order valence-electron chi connectivity index (χ1n) is 5.23. The Labute approximate surface area is 105 Å². The number of nitrogens with one attached hydrogen (secondary N) is 1.